The van der Waals surface area contributed by atoms with Crippen LogP contribution < -0.4 is 15.5 Å². The lowest BCUT2D eigenvalue weighted by atomic mass is 10.2. The molecule has 1 saturated heterocycles. The molecule has 21 heavy (non-hydrogen) atoms. The lowest BCUT2D eigenvalue weighted by Crippen LogP contribution is -2.46. The summed E-state index contributed by atoms with van der Waals surface area (Å²) in [6, 6.07) is 10.9. The number of hydrogen-bond acceptors (Lipinski definition) is 3. The number of anilines is 2. The van der Waals surface area contributed by atoms with Crippen LogP contribution in [-0.2, 0) is 0 Å². The fourth-order valence-electron chi connectivity index (χ4n) is 2.20. The second-order valence-electron chi connectivity index (χ2n) is 4.72. The second-order valence-corrected chi connectivity index (χ2v) is 5.66. The van der Waals surface area contributed by atoms with E-state index in [1.54, 1.807) is 11.0 Å². The van der Waals surface area contributed by atoms with Crippen molar-refractivity contribution in [3.63, 3.8) is 0 Å². The van der Waals surface area contributed by atoms with Crippen molar-refractivity contribution in [2.45, 2.75) is 6.42 Å². The third-order valence-corrected chi connectivity index (χ3v) is 4.13. The first kappa shape index (κ1) is 13.6. The number of urea groups is 1. The number of carbonyl (C=O) groups is 2. The SMILES string of the molecule is O=C(Nc1ccc(N2CCCNC2=O)cc1)c1cccs1. The average molecular weight is 301 g/mol. The summed E-state index contributed by atoms with van der Waals surface area (Å²) in [6.45, 7) is 1.44. The van der Waals surface area contributed by atoms with Crippen molar-refractivity contribution in [3.8, 4) is 0 Å². The molecule has 0 saturated carbocycles. The third kappa shape index (κ3) is 3.05. The molecule has 2 heterocycles. The maximum Gasteiger partial charge on any atom is 0.321 e. The molecule has 1 aliphatic heterocycles. The van der Waals surface area contributed by atoms with E-state index in [-0.39, 0.29) is 11.9 Å². The Hall–Kier alpha value is -2.34. The van der Waals surface area contributed by atoms with Gasteiger partial charge in [0.2, 0.25) is 0 Å². The van der Waals surface area contributed by atoms with E-state index < -0.39 is 0 Å². The summed E-state index contributed by atoms with van der Waals surface area (Å²) in [5.74, 6) is -0.117. The summed E-state index contributed by atoms with van der Waals surface area (Å²) < 4.78 is 0. The Morgan fingerprint density at radius 2 is 2.05 bits per heavy atom. The number of carbonyl (C=O) groups excluding carboxylic acids is 2. The molecule has 6 heteroatoms. The zero-order valence-corrected chi connectivity index (χ0v) is 12.2. The zero-order valence-electron chi connectivity index (χ0n) is 11.3. The van der Waals surface area contributed by atoms with Crippen molar-refractivity contribution in [1.82, 2.24) is 5.32 Å². The Labute approximate surface area is 126 Å². The molecule has 1 aliphatic rings. The maximum absolute atomic E-state index is 11.9. The molecule has 2 N–H and O–H groups in total. The van der Waals surface area contributed by atoms with Gasteiger partial charge in [0.15, 0.2) is 0 Å². The van der Waals surface area contributed by atoms with Gasteiger partial charge in [0, 0.05) is 24.5 Å². The van der Waals surface area contributed by atoms with E-state index in [9.17, 15) is 9.59 Å². The minimum Gasteiger partial charge on any atom is -0.338 e. The van der Waals surface area contributed by atoms with Gasteiger partial charge in [0.25, 0.3) is 5.91 Å². The van der Waals surface area contributed by atoms with Crippen LogP contribution in [0.1, 0.15) is 16.1 Å². The van der Waals surface area contributed by atoms with Gasteiger partial charge in [-0.1, -0.05) is 6.07 Å². The van der Waals surface area contributed by atoms with Gasteiger partial charge in [-0.05, 0) is 42.1 Å². The summed E-state index contributed by atoms with van der Waals surface area (Å²) in [5.41, 5.74) is 1.55. The molecule has 3 amide bonds. The van der Waals surface area contributed by atoms with Gasteiger partial charge in [0.1, 0.15) is 0 Å². The highest BCUT2D eigenvalue weighted by molar-refractivity contribution is 7.12. The monoisotopic (exact) mass is 301 g/mol. The molecule has 1 fully saturated rings. The fourth-order valence-corrected chi connectivity index (χ4v) is 2.82. The molecule has 0 spiro atoms. The first-order valence-corrected chi connectivity index (χ1v) is 7.62. The topological polar surface area (TPSA) is 61.4 Å². The van der Waals surface area contributed by atoms with Crippen LogP contribution in [0.25, 0.3) is 0 Å². The zero-order chi connectivity index (χ0) is 14.7. The van der Waals surface area contributed by atoms with Gasteiger partial charge < -0.3 is 10.6 Å². The third-order valence-electron chi connectivity index (χ3n) is 3.26. The summed E-state index contributed by atoms with van der Waals surface area (Å²) in [7, 11) is 0. The van der Waals surface area contributed by atoms with Crippen molar-refractivity contribution in [1.29, 1.82) is 0 Å². The molecule has 0 atom stereocenters. The first-order chi connectivity index (χ1) is 10.2. The number of thiophene rings is 1. The first-order valence-electron chi connectivity index (χ1n) is 6.74. The van der Waals surface area contributed by atoms with Crippen molar-refractivity contribution >= 4 is 34.6 Å². The van der Waals surface area contributed by atoms with Gasteiger partial charge >= 0.3 is 6.03 Å². The van der Waals surface area contributed by atoms with Crippen LogP contribution in [0, 0.1) is 0 Å². The lowest BCUT2D eigenvalue weighted by molar-refractivity contribution is 0.103. The molecule has 2 aromatic rings. The number of rotatable bonds is 3. The highest BCUT2D eigenvalue weighted by atomic mass is 32.1. The Bertz CT molecular complexity index is 637. The van der Waals surface area contributed by atoms with Crippen LogP contribution in [0.3, 0.4) is 0 Å². The largest absolute Gasteiger partial charge is 0.338 e. The maximum atomic E-state index is 11.9. The van der Waals surface area contributed by atoms with Crippen LogP contribution in [0.4, 0.5) is 16.2 Å². The van der Waals surface area contributed by atoms with E-state index in [4.69, 9.17) is 0 Å². The van der Waals surface area contributed by atoms with Crippen molar-refractivity contribution in [3.05, 3.63) is 46.7 Å². The predicted molar refractivity (Wildman–Crippen MR) is 84.1 cm³/mol. The number of nitrogens with one attached hydrogen (secondary N) is 2. The van der Waals surface area contributed by atoms with Crippen molar-refractivity contribution in [2.75, 3.05) is 23.3 Å². The van der Waals surface area contributed by atoms with E-state index >= 15 is 0 Å². The summed E-state index contributed by atoms with van der Waals surface area (Å²) >= 11 is 1.40. The van der Waals surface area contributed by atoms with Crippen LogP contribution in [0.15, 0.2) is 41.8 Å². The van der Waals surface area contributed by atoms with E-state index in [0.29, 0.717) is 11.4 Å². The number of amides is 3. The molecule has 0 unspecified atom stereocenters. The van der Waals surface area contributed by atoms with Crippen LogP contribution in [-0.4, -0.2) is 25.0 Å². The molecule has 1 aromatic carbocycles. The minimum absolute atomic E-state index is 0.0726. The molecule has 5 nitrogen and oxygen atoms in total. The van der Waals surface area contributed by atoms with Gasteiger partial charge in [-0.2, -0.15) is 0 Å². The van der Waals surface area contributed by atoms with Crippen LogP contribution in [0.5, 0.6) is 0 Å². The van der Waals surface area contributed by atoms with Crippen LogP contribution in [0.2, 0.25) is 0 Å². The quantitative estimate of drug-likeness (QED) is 0.915. The van der Waals surface area contributed by atoms with E-state index in [0.717, 1.165) is 24.3 Å². The number of nitrogens with zero attached hydrogens (tertiary/aromatic N) is 1. The summed E-state index contributed by atoms with van der Waals surface area (Å²) in [6.07, 6.45) is 0.933. The van der Waals surface area contributed by atoms with E-state index in [1.807, 2.05) is 35.7 Å². The normalized spacial score (nSPS) is 14.7. The average Bonchev–Trinajstić information content (AvgIpc) is 3.03. The molecule has 3 rings (SSSR count). The molecule has 1 aromatic heterocycles. The fraction of sp³-hybridized carbons (Fsp3) is 0.200. The second kappa shape index (κ2) is 5.97. The molecule has 0 bridgehead atoms. The van der Waals surface area contributed by atoms with Gasteiger partial charge in [-0.15, -0.1) is 11.3 Å². The molecular weight excluding hydrogens is 286 g/mol. The summed E-state index contributed by atoms with van der Waals surface area (Å²) in [5, 5.41) is 7.52. The molecular formula is C15H15N3O2S. The molecule has 0 aliphatic carbocycles. The Balaban J connectivity index is 1.69. The number of hydrogen-bond donors (Lipinski definition) is 2. The minimum atomic E-state index is -0.117. The van der Waals surface area contributed by atoms with Crippen molar-refractivity contribution in [2.24, 2.45) is 0 Å². The lowest BCUT2D eigenvalue weighted by Gasteiger charge is -2.27. The number of benzene rings is 1. The molecule has 108 valence electrons. The van der Waals surface area contributed by atoms with Gasteiger partial charge in [-0.3, -0.25) is 9.69 Å². The van der Waals surface area contributed by atoms with Gasteiger partial charge in [-0.25, -0.2) is 4.79 Å². The standard InChI is InChI=1S/C15H15N3O2S/c19-14(13-3-1-10-21-13)17-11-4-6-12(7-5-11)18-9-2-8-16-15(18)20/h1,3-7,10H,2,8-9H2,(H,16,20)(H,17,19). The Kier molecular flexibility index (Phi) is 3.87. The smallest absolute Gasteiger partial charge is 0.321 e. The Morgan fingerprint density at radius 3 is 2.71 bits per heavy atom. The highest BCUT2D eigenvalue weighted by Crippen LogP contribution is 2.20. The van der Waals surface area contributed by atoms with E-state index in [1.165, 1.54) is 11.3 Å². The van der Waals surface area contributed by atoms with E-state index in [2.05, 4.69) is 10.6 Å². The molecule has 0 radical (unpaired) electrons. The van der Waals surface area contributed by atoms with Crippen LogP contribution >= 0.6 is 11.3 Å². The summed E-state index contributed by atoms with van der Waals surface area (Å²) in [4.78, 5) is 26.1. The Morgan fingerprint density at radius 1 is 1.24 bits per heavy atom. The predicted octanol–water partition coefficient (Wildman–Crippen LogP) is 2.92. The van der Waals surface area contributed by atoms with Crippen molar-refractivity contribution < 1.29 is 9.59 Å². The highest BCUT2D eigenvalue weighted by Gasteiger charge is 2.18. The van der Waals surface area contributed by atoms with Gasteiger partial charge in [0.05, 0.1) is 4.88 Å².